The number of rotatable bonds is 5. The van der Waals surface area contributed by atoms with Crippen molar-refractivity contribution in [2.24, 2.45) is 5.92 Å². The van der Waals surface area contributed by atoms with E-state index in [2.05, 4.69) is 0 Å². The van der Waals surface area contributed by atoms with Crippen LogP contribution in [0.25, 0.3) is 0 Å². The van der Waals surface area contributed by atoms with Gasteiger partial charge in [0.2, 0.25) is 0 Å². The Morgan fingerprint density at radius 1 is 1.31 bits per heavy atom. The average Bonchev–Trinajstić information content (AvgIpc) is 2.17. The molecule has 1 aromatic carbocycles. The van der Waals surface area contributed by atoms with Crippen LogP contribution in [0, 0.1) is 11.7 Å². The largest absolute Gasteiger partial charge is 0.303 e. The number of sulfone groups is 1. The van der Waals surface area contributed by atoms with Crippen molar-refractivity contribution in [3.8, 4) is 0 Å². The topological polar surface area (TPSA) is 51.2 Å². The lowest BCUT2D eigenvalue weighted by Crippen LogP contribution is -2.14. The lowest BCUT2D eigenvalue weighted by molar-refractivity contribution is -0.108. The van der Waals surface area contributed by atoms with Gasteiger partial charge in [-0.1, -0.05) is 6.92 Å². The molecule has 0 fully saturated rings. The molecule has 0 N–H and O–H groups in total. The number of carbonyl (C=O) groups is 1. The Morgan fingerprint density at radius 2 is 1.88 bits per heavy atom. The minimum Gasteiger partial charge on any atom is -0.303 e. The van der Waals surface area contributed by atoms with Crippen molar-refractivity contribution in [1.82, 2.24) is 0 Å². The molecule has 88 valence electrons. The predicted molar refractivity (Wildman–Crippen MR) is 58.3 cm³/mol. The first-order valence-corrected chi connectivity index (χ1v) is 6.53. The second-order valence-corrected chi connectivity index (χ2v) is 5.78. The maximum atomic E-state index is 12.6. The third kappa shape index (κ3) is 3.41. The zero-order valence-electron chi connectivity index (χ0n) is 8.89. The van der Waals surface area contributed by atoms with Crippen LogP contribution in [0.5, 0.6) is 0 Å². The van der Waals surface area contributed by atoms with Crippen LogP contribution in [0.15, 0.2) is 29.2 Å². The van der Waals surface area contributed by atoms with Gasteiger partial charge < -0.3 is 4.79 Å². The molecule has 3 nitrogen and oxygen atoms in total. The summed E-state index contributed by atoms with van der Waals surface area (Å²) in [4.78, 5) is 10.3. The van der Waals surface area contributed by atoms with Gasteiger partial charge >= 0.3 is 0 Å². The normalized spacial score (nSPS) is 13.4. The van der Waals surface area contributed by atoms with E-state index in [0.717, 1.165) is 12.1 Å². The van der Waals surface area contributed by atoms with Crippen LogP contribution in [0.4, 0.5) is 4.39 Å². The van der Waals surface area contributed by atoms with E-state index >= 15 is 0 Å². The van der Waals surface area contributed by atoms with Crippen molar-refractivity contribution in [3.63, 3.8) is 0 Å². The highest BCUT2D eigenvalue weighted by Crippen LogP contribution is 2.15. The van der Waals surface area contributed by atoms with Crippen LogP contribution in [-0.2, 0) is 14.6 Å². The number of carbonyl (C=O) groups excluding carboxylic acids is 1. The summed E-state index contributed by atoms with van der Waals surface area (Å²) >= 11 is 0. The molecule has 0 bridgehead atoms. The first-order valence-electron chi connectivity index (χ1n) is 4.87. The molecule has 0 heterocycles. The Kier molecular flexibility index (Phi) is 4.18. The standard InChI is InChI=1S/C11H13FO3S/c1-9(6-7-13)8-16(14,15)11-4-2-10(12)3-5-11/h2-5,7,9H,6,8H2,1H3. The number of hydrogen-bond acceptors (Lipinski definition) is 3. The van der Waals surface area contributed by atoms with Gasteiger partial charge in [0.15, 0.2) is 9.84 Å². The van der Waals surface area contributed by atoms with E-state index in [-0.39, 0.29) is 23.0 Å². The molecule has 0 spiro atoms. The molecule has 0 aliphatic rings. The fraction of sp³-hybridized carbons (Fsp3) is 0.364. The molecular formula is C11H13FO3S. The molecule has 1 atom stereocenters. The van der Waals surface area contributed by atoms with Gasteiger partial charge in [-0.05, 0) is 30.2 Å². The van der Waals surface area contributed by atoms with E-state index in [0.29, 0.717) is 6.29 Å². The number of aldehydes is 1. The molecule has 0 aliphatic carbocycles. The fourth-order valence-corrected chi connectivity index (χ4v) is 2.97. The molecule has 0 aliphatic heterocycles. The molecule has 0 aromatic heterocycles. The minimum atomic E-state index is -3.42. The Morgan fingerprint density at radius 3 is 2.38 bits per heavy atom. The summed E-state index contributed by atoms with van der Waals surface area (Å²) in [5.74, 6) is -0.801. The zero-order valence-corrected chi connectivity index (χ0v) is 9.71. The number of benzene rings is 1. The summed E-state index contributed by atoms with van der Waals surface area (Å²) < 4.78 is 36.2. The molecule has 16 heavy (non-hydrogen) atoms. The van der Waals surface area contributed by atoms with Gasteiger partial charge in [0.05, 0.1) is 10.6 Å². The Balaban J connectivity index is 2.85. The van der Waals surface area contributed by atoms with Crippen molar-refractivity contribution < 1.29 is 17.6 Å². The number of hydrogen-bond donors (Lipinski definition) is 0. The zero-order chi connectivity index (χ0) is 12.2. The van der Waals surface area contributed by atoms with Gasteiger partial charge in [0, 0.05) is 6.42 Å². The van der Waals surface area contributed by atoms with Gasteiger partial charge in [-0.2, -0.15) is 0 Å². The monoisotopic (exact) mass is 244 g/mol. The maximum absolute atomic E-state index is 12.6. The quantitative estimate of drug-likeness (QED) is 0.586. The van der Waals surface area contributed by atoms with Crippen LogP contribution in [0.2, 0.25) is 0 Å². The molecule has 0 amide bonds. The van der Waals surface area contributed by atoms with Crippen molar-refractivity contribution in [1.29, 1.82) is 0 Å². The third-order valence-electron chi connectivity index (χ3n) is 2.18. The number of halogens is 1. The van der Waals surface area contributed by atoms with Crippen molar-refractivity contribution in [2.75, 3.05) is 5.75 Å². The smallest absolute Gasteiger partial charge is 0.178 e. The summed E-state index contributed by atoms with van der Waals surface area (Å²) in [6, 6.07) is 4.69. The van der Waals surface area contributed by atoms with Crippen molar-refractivity contribution >= 4 is 16.1 Å². The maximum Gasteiger partial charge on any atom is 0.178 e. The molecule has 5 heteroatoms. The third-order valence-corrected chi connectivity index (χ3v) is 4.17. The summed E-state index contributed by atoms with van der Waals surface area (Å²) in [6.45, 7) is 1.69. The molecular weight excluding hydrogens is 231 g/mol. The SMILES string of the molecule is CC(CC=O)CS(=O)(=O)c1ccc(F)cc1. The van der Waals surface area contributed by atoms with E-state index in [9.17, 15) is 17.6 Å². The summed E-state index contributed by atoms with van der Waals surface area (Å²) in [5.41, 5.74) is 0. The van der Waals surface area contributed by atoms with Gasteiger partial charge in [-0.25, -0.2) is 12.8 Å². The summed E-state index contributed by atoms with van der Waals surface area (Å²) in [7, 11) is -3.42. The molecule has 1 aromatic rings. The second kappa shape index (κ2) is 5.21. The highest BCUT2D eigenvalue weighted by Gasteiger charge is 2.18. The molecule has 1 rings (SSSR count). The van der Waals surface area contributed by atoms with E-state index in [1.807, 2.05) is 0 Å². The lowest BCUT2D eigenvalue weighted by atomic mass is 10.2. The first kappa shape index (κ1) is 12.8. The Hall–Kier alpha value is -1.23. The first-order chi connectivity index (χ1) is 7.45. The molecule has 0 saturated carbocycles. The fourth-order valence-electron chi connectivity index (χ4n) is 1.35. The van der Waals surface area contributed by atoms with Gasteiger partial charge in [-0.15, -0.1) is 0 Å². The Bertz CT molecular complexity index is 451. The van der Waals surface area contributed by atoms with Gasteiger partial charge in [-0.3, -0.25) is 0 Å². The van der Waals surface area contributed by atoms with Crippen LogP contribution < -0.4 is 0 Å². The predicted octanol–water partition coefficient (Wildman–Crippen LogP) is 1.82. The van der Waals surface area contributed by atoms with Crippen molar-refractivity contribution in [3.05, 3.63) is 30.1 Å². The van der Waals surface area contributed by atoms with E-state index in [4.69, 9.17) is 0 Å². The van der Waals surface area contributed by atoms with Crippen LogP contribution in [0.3, 0.4) is 0 Å². The molecule has 1 unspecified atom stereocenters. The van der Waals surface area contributed by atoms with Gasteiger partial charge in [0.1, 0.15) is 12.1 Å². The van der Waals surface area contributed by atoms with E-state index in [1.165, 1.54) is 12.1 Å². The highest BCUT2D eigenvalue weighted by molar-refractivity contribution is 7.91. The van der Waals surface area contributed by atoms with Crippen LogP contribution in [-0.4, -0.2) is 20.5 Å². The molecule has 0 saturated heterocycles. The lowest BCUT2D eigenvalue weighted by Gasteiger charge is -2.08. The summed E-state index contributed by atoms with van der Waals surface area (Å²) in [6.07, 6.45) is 0.908. The Labute approximate surface area is 94.2 Å². The van der Waals surface area contributed by atoms with Crippen molar-refractivity contribution in [2.45, 2.75) is 18.2 Å². The minimum absolute atomic E-state index is 0.0895. The van der Waals surface area contributed by atoms with E-state index in [1.54, 1.807) is 6.92 Å². The van der Waals surface area contributed by atoms with Gasteiger partial charge in [0.25, 0.3) is 0 Å². The van der Waals surface area contributed by atoms with Crippen LogP contribution >= 0.6 is 0 Å². The summed E-state index contributed by atoms with van der Waals surface area (Å²) in [5, 5.41) is 0. The van der Waals surface area contributed by atoms with E-state index < -0.39 is 15.7 Å². The van der Waals surface area contributed by atoms with Crippen LogP contribution in [0.1, 0.15) is 13.3 Å². The second-order valence-electron chi connectivity index (χ2n) is 3.74. The molecule has 0 radical (unpaired) electrons. The average molecular weight is 244 g/mol. The highest BCUT2D eigenvalue weighted by atomic mass is 32.2.